The normalized spacial score (nSPS) is 16.5. The van der Waals surface area contributed by atoms with E-state index in [0.29, 0.717) is 25.2 Å². The standard InChI is InChI=1S/C20H28BNO4/c23-20(13-10-15-6-2-1-3-7-15)22-19(21(24)25)12-11-16-14-26-18-9-5-4-8-17(16)18/h4-5,8-9,14-15,19,24-25H,1-3,6-7,10-13H2,(H,22,23)/t19-/m0/s1. The van der Waals surface area contributed by atoms with Gasteiger partial charge in [0.05, 0.1) is 12.2 Å². The summed E-state index contributed by atoms with van der Waals surface area (Å²) in [4.78, 5) is 12.2. The lowest BCUT2D eigenvalue weighted by Gasteiger charge is -2.22. The summed E-state index contributed by atoms with van der Waals surface area (Å²) in [6, 6.07) is 7.76. The highest BCUT2D eigenvalue weighted by Crippen LogP contribution is 2.27. The van der Waals surface area contributed by atoms with Gasteiger partial charge in [0, 0.05) is 11.8 Å². The third-order valence-electron chi connectivity index (χ3n) is 5.50. The lowest BCUT2D eigenvalue weighted by Crippen LogP contribution is -2.46. The third-order valence-corrected chi connectivity index (χ3v) is 5.50. The van der Waals surface area contributed by atoms with Crippen LogP contribution >= 0.6 is 0 Å². The molecule has 1 amide bonds. The van der Waals surface area contributed by atoms with Crippen molar-refractivity contribution < 1.29 is 19.3 Å². The maximum atomic E-state index is 12.2. The molecule has 0 bridgehead atoms. The summed E-state index contributed by atoms with van der Waals surface area (Å²) in [5.41, 5.74) is 1.84. The molecule has 26 heavy (non-hydrogen) atoms. The van der Waals surface area contributed by atoms with Gasteiger partial charge in [0.1, 0.15) is 5.58 Å². The zero-order chi connectivity index (χ0) is 18.4. The monoisotopic (exact) mass is 357 g/mol. The van der Waals surface area contributed by atoms with E-state index in [1.54, 1.807) is 6.26 Å². The Morgan fingerprint density at radius 3 is 2.77 bits per heavy atom. The highest BCUT2D eigenvalue weighted by atomic mass is 16.4. The summed E-state index contributed by atoms with van der Waals surface area (Å²) in [6.45, 7) is 0. The van der Waals surface area contributed by atoms with Crippen molar-refractivity contribution in [1.82, 2.24) is 5.32 Å². The van der Waals surface area contributed by atoms with E-state index in [1.165, 1.54) is 32.1 Å². The van der Waals surface area contributed by atoms with Gasteiger partial charge in [-0.1, -0.05) is 50.3 Å². The molecule has 0 spiro atoms. The number of fused-ring (bicyclic) bond motifs is 1. The first-order valence-corrected chi connectivity index (χ1v) is 9.74. The van der Waals surface area contributed by atoms with Crippen molar-refractivity contribution >= 4 is 24.0 Å². The third kappa shape index (κ3) is 5.11. The van der Waals surface area contributed by atoms with E-state index >= 15 is 0 Å². The Bertz CT molecular complexity index is 709. The second kappa shape index (κ2) is 9.24. The van der Waals surface area contributed by atoms with Crippen LogP contribution in [0, 0.1) is 5.92 Å². The number of carbonyl (C=O) groups is 1. The summed E-state index contributed by atoms with van der Waals surface area (Å²) in [6.07, 6.45) is 10.4. The molecule has 6 heteroatoms. The van der Waals surface area contributed by atoms with Crippen LogP contribution in [0.15, 0.2) is 34.9 Å². The number of aryl methyl sites for hydroxylation is 1. The van der Waals surface area contributed by atoms with Crippen LogP contribution in [0.5, 0.6) is 0 Å². The molecule has 1 saturated carbocycles. The summed E-state index contributed by atoms with van der Waals surface area (Å²) >= 11 is 0. The molecular formula is C20H28BNO4. The Morgan fingerprint density at radius 2 is 2.00 bits per heavy atom. The zero-order valence-corrected chi connectivity index (χ0v) is 15.2. The molecule has 3 rings (SSSR count). The van der Waals surface area contributed by atoms with E-state index < -0.39 is 13.1 Å². The van der Waals surface area contributed by atoms with Gasteiger partial charge in [-0.25, -0.2) is 0 Å². The van der Waals surface area contributed by atoms with Gasteiger partial charge >= 0.3 is 7.12 Å². The molecule has 1 aromatic heterocycles. The fourth-order valence-corrected chi connectivity index (χ4v) is 3.92. The van der Waals surface area contributed by atoms with Crippen LogP contribution in [-0.4, -0.2) is 29.0 Å². The SMILES string of the molecule is O=C(CCC1CCCCC1)N[C@@H](CCc1coc2ccccc12)B(O)O. The predicted octanol–water partition coefficient (Wildman–Crippen LogP) is 3.22. The molecule has 1 fully saturated rings. The van der Waals surface area contributed by atoms with Crippen LogP contribution in [0.3, 0.4) is 0 Å². The summed E-state index contributed by atoms with van der Waals surface area (Å²) in [7, 11) is -1.56. The van der Waals surface area contributed by atoms with Gasteiger partial charge in [-0.3, -0.25) is 4.79 Å². The van der Waals surface area contributed by atoms with Crippen LogP contribution < -0.4 is 5.32 Å². The Morgan fingerprint density at radius 1 is 1.23 bits per heavy atom. The summed E-state index contributed by atoms with van der Waals surface area (Å²) < 4.78 is 5.52. The van der Waals surface area contributed by atoms with E-state index in [1.807, 2.05) is 24.3 Å². The fraction of sp³-hybridized carbons (Fsp3) is 0.550. The molecular weight excluding hydrogens is 329 g/mol. The average Bonchev–Trinajstić information content (AvgIpc) is 3.07. The van der Waals surface area contributed by atoms with Gasteiger partial charge in [-0.15, -0.1) is 0 Å². The first kappa shape index (κ1) is 19.0. The van der Waals surface area contributed by atoms with E-state index in [0.717, 1.165) is 23.0 Å². The van der Waals surface area contributed by atoms with Gasteiger partial charge in [0.25, 0.3) is 0 Å². The van der Waals surface area contributed by atoms with E-state index in [9.17, 15) is 14.8 Å². The number of amides is 1. The molecule has 5 nitrogen and oxygen atoms in total. The number of carbonyl (C=O) groups excluding carboxylic acids is 1. The number of para-hydroxylation sites is 1. The fourth-order valence-electron chi connectivity index (χ4n) is 3.92. The quantitative estimate of drug-likeness (QED) is 0.634. The number of furan rings is 1. The molecule has 2 aromatic rings. The number of benzene rings is 1. The van der Waals surface area contributed by atoms with Crippen LogP contribution in [0.2, 0.25) is 0 Å². The predicted molar refractivity (Wildman–Crippen MR) is 102 cm³/mol. The maximum Gasteiger partial charge on any atom is 0.475 e. The smallest absolute Gasteiger partial charge is 0.464 e. The maximum absolute atomic E-state index is 12.2. The molecule has 1 aliphatic carbocycles. The highest BCUT2D eigenvalue weighted by Gasteiger charge is 2.26. The Labute approximate surface area is 154 Å². The van der Waals surface area contributed by atoms with Crippen molar-refractivity contribution in [3.05, 3.63) is 36.1 Å². The Kier molecular flexibility index (Phi) is 6.75. The minimum atomic E-state index is -1.56. The molecule has 1 aliphatic rings. The van der Waals surface area contributed by atoms with Crippen LogP contribution in [0.25, 0.3) is 11.0 Å². The van der Waals surface area contributed by atoms with Crippen molar-refractivity contribution in [1.29, 1.82) is 0 Å². The lowest BCUT2D eigenvalue weighted by molar-refractivity contribution is -0.121. The molecule has 0 radical (unpaired) electrons. The first-order chi connectivity index (χ1) is 12.6. The summed E-state index contributed by atoms with van der Waals surface area (Å²) in [5, 5.41) is 23.1. The van der Waals surface area contributed by atoms with Gasteiger partial charge in [-0.05, 0) is 36.8 Å². The Balaban J connectivity index is 1.49. The van der Waals surface area contributed by atoms with Crippen LogP contribution in [0.4, 0.5) is 0 Å². The molecule has 1 aromatic carbocycles. The van der Waals surface area contributed by atoms with Gasteiger partial charge < -0.3 is 19.8 Å². The number of hydrogen-bond acceptors (Lipinski definition) is 4. The van der Waals surface area contributed by atoms with Gasteiger partial charge in [0.2, 0.25) is 5.91 Å². The minimum absolute atomic E-state index is 0.0919. The number of rotatable bonds is 8. The van der Waals surface area contributed by atoms with Gasteiger partial charge in [0.15, 0.2) is 0 Å². The van der Waals surface area contributed by atoms with Crippen LogP contribution in [0.1, 0.15) is 56.9 Å². The van der Waals surface area contributed by atoms with E-state index in [4.69, 9.17) is 4.42 Å². The molecule has 0 aliphatic heterocycles. The molecule has 140 valence electrons. The number of nitrogens with one attached hydrogen (secondary N) is 1. The lowest BCUT2D eigenvalue weighted by atomic mass is 9.76. The second-order valence-electron chi connectivity index (χ2n) is 7.43. The largest absolute Gasteiger partial charge is 0.475 e. The average molecular weight is 357 g/mol. The second-order valence-corrected chi connectivity index (χ2v) is 7.43. The molecule has 0 saturated heterocycles. The zero-order valence-electron chi connectivity index (χ0n) is 15.2. The number of hydrogen-bond donors (Lipinski definition) is 3. The van der Waals surface area contributed by atoms with E-state index in [-0.39, 0.29) is 5.91 Å². The highest BCUT2D eigenvalue weighted by molar-refractivity contribution is 6.43. The molecule has 1 atom stereocenters. The van der Waals surface area contributed by atoms with Crippen molar-refractivity contribution in [3.8, 4) is 0 Å². The van der Waals surface area contributed by atoms with Crippen molar-refractivity contribution in [2.75, 3.05) is 0 Å². The first-order valence-electron chi connectivity index (χ1n) is 9.74. The van der Waals surface area contributed by atoms with Crippen molar-refractivity contribution in [3.63, 3.8) is 0 Å². The molecule has 1 heterocycles. The van der Waals surface area contributed by atoms with E-state index in [2.05, 4.69) is 5.32 Å². The Hall–Kier alpha value is -1.79. The van der Waals surface area contributed by atoms with Gasteiger partial charge in [-0.2, -0.15) is 0 Å². The minimum Gasteiger partial charge on any atom is -0.464 e. The van der Waals surface area contributed by atoms with Crippen molar-refractivity contribution in [2.24, 2.45) is 5.92 Å². The van der Waals surface area contributed by atoms with Crippen LogP contribution in [-0.2, 0) is 11.2 Å². The molecule has 0 unspecified atom stereocenters. The topological polar surface area (TPSA) is 82.7 Å². The van der Waals surface area contributed by atoms with Crippen molar-refractivity contribution in [2.45, 2.75) is 63.7 Å². The summed E-state index contributed by atoms with van der Waals surface area (Å²) in [5.74, 6) is -0.113. The molecule has 3 N–H and O–H groups in total.